The molecule has 5 heteroatoms. The first-order chi connectivity index (χ1) is 14.0. The van der Waals surface area contributed by atoms with E-state index in [-0.39, 0.29) is 17.4 Å². The zero-order chi connectivity index (χ0) is 20.8. The molecule has 0 aliphatic rings. The van der Waals surface area contributed by atoms with Crippen LogP contribution in [0.2, 0.25) is 0 Å². The molecule has 0 spiro atoms. The Labute approximate surface area is 171 Å². The molecule has 5 nitrogen and oxygen atoms in total. The first kappa shape index (κ1) is 20.8. The van der Waals surface area contributed by atoms with E-state index in [1.807, 2.05) is 62.4 Å². The van der Waals surface area contributed by atoms with Crippen LogP contribution in [-0.2, 0) is 13.2 Å². The number of hydrogen-bond donors (Lipinski definition) is 0. The number of fused-ring (bicyclic) bond motifs is 1. The number of aryl methyl sites for hydroxylation is 1. The third-order valence-electron chi connectivity index (χ3n) is 4.69. The number of methoxy groups -OCH3 is 1. The lowest BCUT2D eigenvalue weighted by atomic mass is 10.1. The van der Waals surface area contributed by atoms with E-state index >= 15 is 0 Å². The van der Waals surface area contributed by atoms with Gasteiger partial charge in [0.1, 0.15) is 12.4 Å². The predicted octanol–water partition coefficient (Wildman–Crippen LogP) is 5.18. The van der Waals surface area contributed by atoms with Gasteiger partial charge in [0.15, 0.2) is 5.75 Å². The summed E-state index contributed by atoms with van der Waals surface area (Å²) in [6, 6.07) is 15.6. The van der Waals surface area contributed by atoms with Crippen LogP contribution in [0, 0.1) is 0 Å². The molecule has 2 aromatic carbocycles. The molecule has 154 valence electrons. The number of nitrogens with zero attached hydrogens (tertiary/aromatic N) is 1. The van der Waals surface area contributed by atoms with Crippen LogP contribution in [0.3, 0.4) is 0 Å². The van der Waals surface area contributed by atoms with Crippen molar-refractivity contribution in [1.82, 2.24) is 4.57 Å². The Morgan fingerprint density at radius 3 is 2.45 bits per heavy atom. The van der Waals surface area contributed by atoms with Crippen molar-refractivity contribution in [3.63, 3.8) is 0 Å². The van der Waals surface area contributed by atoms with Crippen LogP contribution >= 0.6 is 0 Å². The van der Waals surface area contributed by atoms with Gasteiger partial charge >= 0.3 is 0 Å². The second-order valence-electron chi connectivity index (χ2n) is 7.29. The zero-order valence-corrected chi connectivity index (χ0v) is 17.6. The van der Waals surface area contributed by atoms with Gasteiger partial charge in [-0.1, -0.05) is 43.7 Å². The van der Waals surface area contributed by atoms with Crippen LogP contribution in [0.25, 0.3) is 10.9 Å². The van der Waals surface area contributed by atoms with Crippen LogP contribution in [0.4, 0.5) is 0 Å². The number of ether oxygens (including phenoxy) is 3. The van der Waals surface area contributed by atoms with Gasteiger partial charge in [-0.3, -0.25) is 4.79 Å². The van der Waals surface area contributed by atoms with Gasteiger partial charge in [-0.25, -0.2) is 0 Å². The highest BCUT2D eigenvalue weighted by molar-refractivity contribution is 5.89. The van der Waals surface area contributed by atoms with Crippen molar-refractivity contribution in [3.8, 4) is 17.2 Å². The minimum absolute atomic E-state index is 0.0512. The topological polar surface area (TPSA) is 49.7 Å². The highest BCUT2D eigenvalue weighted by atomic mass is 16.5. The Hall–Kier alpha value is -2.95. The van der Waals surface area contributed by atoms with E-state index in [2.05, 4.69) is 6.92 Å². The van der Waals surface area contributed by atoms with Crippen molar-refractivity contribution in [2.45, 2.75) is 52.9 Å². The molecule has 0 amide bonds. The van der Waals surface area contributed by atoms with Crippen LogP contribution in [0.1, 0.15) is 39.2 Å². The number of hydrogen-bond acceptors (Lipinski definition) is 4. The Balaban J connectivity index is 2.14. The van der Waals surface area contributed by atoms with Crippen LogP contribution < -0.4 is 19.8 Å². The molecule has 0 radical (unpaired) electrons. The molecule has 0 fully saturated rings. The minimum atomic E-state index is -0.182. The van der Waals surface area contributed by atoms with Gasteiger partial charge in [0.2, 0.25) is 5.75 Å². The van der Waals surface area contributed by atoms with Crippen molar-refractivity contribution in [1.29, 1.82) is 0 Å². The number of aromatic nitrogens is 1. The fraction of sp³-hybridized carbons (Fsp3) is 0.375. The van der Waals surface area contributed by atoms with Crippen molar-refractivity contribution in [3.05, 3.63) is 64.4 Å². The summed E-state index contributed by atoms with van der Waals surface area (Å²) in [6.07, 6.45) is 1.94. The molecule has 0 aliphatic heterocycles. The smallest absolute Gasteiger partial charge is 0.297 e. The maximum absolute atomic E-state index is 13.2. The fourth-order valence-electron chi connectivity index (χ4n) is 3.31. The number of pyridine rings is 1. The lowest BCUT2D eigenvalue weighted by Gasteiger charge is -2.19. The molecule has 0 unspecified atom stereocenters. The summed E-state index contributed by atoms with van der Waals surface area (Å²) in [5.41, 5.74) is 1.64. The highest BCUT2D eigenvalue weighted by Crippen LogP contribution is 2.35. The molecule has 1 aromatic heterocycles. The lowest BCUT2D eigenvalue weighted by molar-refractivity contribution is 0.242. The van der Waals surface area contributed by atoms with Gasteiger partial charge in [0.05, 0.1) is 18.7 Å². The van der Waals surface area contributed by atoms with E-state index in [4.69, 9.17) is 14.2 Å². The predicted molar refractivity (Wildman–Crippen MR) is 116 cm³/mol. The van der Waals surface area contributed by atoms with E-state index < -0.39 is 0 Å². The van der Waals surface area contributed by atoms with Gasteiger partial charge in [0, 0.05) is 18.0 Å². The molecular weight excluding hydrogens is 366 g/mol. The van der Waals surface area contributed by atoms with Gasteiger partial charge in [-0.15, -0.1) is 0 Å². The molecule has 3 rings (SSSR count). The van der Waals surface area contributed by atoms with E-state index in [9.17, 15) is 4.79 Å². The third-order valence-corrected chi connectivity index (χ3v) is 4.69. The molecule has 0 aliphatic carbocycles. The third kappa shape index (κ3) is 4.73. The van der Waals surface area contributed by atoms with Gasteiger partial charge in [-0.2, -0.15) is 0 Å². The quantitative estimate of drug-likeness (QED) is 0.501. The number of unbranched alkanes of at least 4 members (excludes halogenated alkanes) is 1. The molecule has 0 N–H and O–H groups in total. The second kappa shape index (κ2) is 9.50. The van der Waals surface area contributed by atoms with E-state index in [1.54, 1.807) is 4.57 Å². The first-order valence-electron chi connectivity index (χ1n) is 10.1. The van der Waals surface area contributed by atoms with E-state index in [1.165, 1.54) is 7.11 Å². The maximum Gasteiger partial charge on any atom is 0.297 e. The molecule has 29 heavy (non-hydrogen) atoms. The van der Waals surface area contributed by atoms with Crippen molar-refractivity contribution >= 4 is 10.9 Å². The fourth-order valence-corrected chi connectivity index (χ4v) is 3.31. The normalized spacial score (nSPS) is 11.1. The lowest BCUT2D eigenvalue weighted by Crippen LogP contribution is -2.23. The summed E-state index contributed by atoms with van der Waals surface area (Å²) in [7, 11) is 1.51. The van der Waals surface area contributed by atoms with E-state index in [0.29, 0.717) is 18.9 Å². The average Bonchev–Trinajstić information content (AvgIpc) is 2.71. The summed E-state index contributed by atoms with van der Waals surface area (Å²) in [4.78, 5) is 13.2. The van der Waals surface area contributed by atoms with Crippen LogP contribution in [0.5, 0.6) is 17.2 Å². The standard InChI is InChI=1S/C24H29NO4/c1-5-6-14-25-21-15-19(29-17(2)3)12-13-20(21)22(23(27-4)24(25)26)28-16-18-10-8-7-9-11-18/h7-13,15,17H,5-6,14,16H2,1-4H3. The van der Waals surface area contributed by atoms with Gasteiger partial charge < -0.3 is 18.8 Å². The molecular formula is C24H29NO4. The van der Waals surface area contributed by atoms with Crippen molar-refractivity contribution in [2.24, 2.45) is 0 Å². The van der Waals surface area contributed by atoms with Crippen LogP contribution in [0.15, 0.2) is 53.3 Å². The summed E-state index contributed by atoms with van der Waals surface area (Å²) in [5, 5.41) is 0.838. The Bertz CT molecular complexity index is 1010. The highest BCUT2D eigenvalue weighted by Gasteiger charge is 2.20. The average molecular weight is 395 g/mol. The second-order valence-corrected chi connectivity index (χ2v) is 7.29. The van der Waals surface area contributed by atoms with Crippen LogP contribution in [-0.4, -0.2) is 17.8 Å². The van der Waals surface area contributed by atoms with Crippen molar-refractivity contribution < 1.29 is 14.2 Å². The van der Waals surface area contributed by atoms with Gasteiger partial charge in [-0.05, 0) is 38.0 Å². The molecule has 3 aromatic rings. The summed E-state index contributed by atoms with van der Waals surface area (Å²) >= 11 is 0. The molecule has 0 saturated heterocycles. The molecule has 0 bridgehead atoms. The summed E-state index contributed by atoms with van der Waals surface area (Å²) < 4.78 is 19.2. The minimum Gasteiger partial charge on any atom is -0.491 e. The van der Waals surface area contributed by atoms with Crippen molar-refractivity contribution in [2.75, 3.05) is 7.11 Å². The largest absolute Gasteiger partial charge is 0.491 e. The first-order valence-corrected chi connectivity index (χ1v) is 10.1. The number of rotatable bonds is 9. The van der Waals surface area contributed by atoms with E-state index in [0.717, 1.165) is 35.1 Å². The number of benzene rings is 2. The molecule has 0 atom stereocenters. The SMILES string of the molecule is CCCCn1c(=O)c(OC)c(OCc2ccccc2)c2ccc(OC(C)C)cc21. The Kier molecular flexibility index (Phi) is 6.81. The summed E-state index contributed by atoms with van der Waals surface area (Å²) in [5.74, 6) is 1.44. The van der Waals surface area contributed by atoms with Gasteiger partial charge in [0.25, 0.3) is 5.56 Å². The molecule has 0 saturated carbocycles. The Morgan fingerprint density at radius 1 is 1.03 bits per heavy atom. The maximum atomic E-state index is 13.2. The monoisotopic (exact) mass is 395 g/mol. The summed E-state index contributed by atoms with van der Waals surface area (Å²) in [6.45, 7) is 7.05. The molecule has 1 heterocycles. The Morgan fingerprint density at radius 2 is 1.79 bits per heavy atom. The zero-order valence-electron chi connectivity index (χ0n) is 17.6.